The van der Waals surface area contributed by atoms with Crippen LogP contribution in [0.25, 0.3) is 22.4 Å². The number of nitrogens with zero attached hydrogens (tertiary/aromatic N) is 2. The van der Waals surface area contributed by atoms with Crippen LogP contribution >= 0.6 is 27.5 Å². The van der Waals surface area contributed by atoms with Crippen LogP contribution in [-0.4, -0.2) is 14.7 Å². The Hall–Kier alpha value is -1.52. The maximum Gasteiger partial charge on any atom is 0.145 e. The normalized spacial score (nSPS) is 14.8. The molecule has 1 fully saturated rings. The summed E-state index contributed by atoms with van der Waals surface area (Å²) in [6, 6.07) is 11.5. The summed E-state index contributed by atoms with van der Waals surface area (Å²) in [5, 5.41) is 10.9. The number of imidazole rings is 1. The first-order valence-electron chi connectivity index (χ1n) is 6.80. The molecule has 106 valence electrons. The second kappa shape index (κ2) is 4.75. The van der Waals surface area contributed by atoms with Crippen LogP contribution in [0, 0.1) is 0 Å². The maximum atomic E-state index is 10.2. The SMILES string of the molecule is Oc1ccc(Br)cc1-c1nc2cccc(Cl)c2n1C1CC1. The van der Waals surface area contributed by atoms with E-state index in [2.05, 4.69) is 20.5 Å². The highest BCUT2D eigenvalue weighted by Crippen LogP contribution is 2.44. The maximum absolute atomic E-state index is 10.2. The number of aromatic hydroxyl groups is 1. The van der Waals surface area contributed by atoms with Crippen molar-refractivity contribution in [1.82, 2.24) is 9.55 Å². The van der Waals surface area contributed by atoms with Crippen LogP contribution in [0.5, 0.6) is 5.75 Å². The van der Waals surface area contributed by atoms with Gasteiger partial charge in [0.05, 0.1) is 21.6 Å². The summed E-state index contributed by atoms with van der Waals surface area (Å²) in [6.45, 7) is 0. The summed E-state index contributed by atoms with van der Waals surface area (Å²) in [5.74, 6) is 1.01. The lowest BCUT2D eigenvalue weighted by atomic mass is 10.2. The molecule has 5 heteroatoms. The molecule has 0 aliphatic heterocycles. The van der Waals surface area contributed by atoms with Crippen LogP contribution in [-0.2, 0) is 0 Å². The van der Waals surface area contributed by atoms with E-state index in [4.69, 9.17) is 16.6 Å². The zero-order valence-electron chi connectivity index (χ0n) is 11.1. The molecule has 3 aromatic rings. The van der Waals surface area contributed by atoms with Crippen molar-refractivity contribution >= 4 is 38.6 Å². The predicted molar refractivity (Wildman–Crippen MR) is 87.8 cm³/mol. The first-order valence-corrected chi connectivity index (χ1v) is 7.97. The van der Waals surface area contributed by atoms with Gasteiger partial charge in [-0.05, 0) is 43.2 Å². The zero-order valence-corrected chi connectivity index (χ0v) is 13.4. The van der Waals surface area contributed by atoms with E-state index in [0.717, 1.165) is 39.7 Å². The van der Waals surface area contributed by atoms with Crippen molar-refractivity contribution in [2.24, 2.45) is 0 Å². The second-order valence-corrected chi connectivity index (χ2v) is 6.63. The van der Waals surface area contributed by atoms with Gasteiger partial charge in [0.15, 0.2) is 0 Å². The number of phenols is 1. The van der Waals surface area contributed by atoms with Crippen LogP contribution in [0.1, 0.15) is 18.9 Å². The fourth-order valence-corrected chi connectivity index (χ4v) is 3.29. The molecule has 4 rings (SSSR count). The molecule has 0 amide bonds. The van der Waals surface area contributed by atoms with Gasteiger partial charge in [0.25, 0.3) is 0 Å². The zero-order chi connectivity index (χ0) is 14.6. The highest BCUT2D eigenvalue weighted by molar-refractivity contribution is 9.10. The number of para-hydroxylation sites is 1. The van der Waals surface area contributed by atoms with Gasteiger partial charge in [-0.3, -0.25) is 0 Å². The Kier molecular flexibility index (Phi) is 2.98. The smallest absolute Gasteiger partial charge is 0.145 e. The molecule has 1 saturated carbocycles. The molecule has 0 saturated heterocycles. The van der Waals surface area contributed by atoms with Crippen molar-refractivity contribution in [3.05, 3.63) is 45.9 Å². The summed E-state index contributed by atoms with van der Waals surface area (Å²) < 4.78 is 3.08. The topological polar surface area (TPSA) is 38.1 Å². The third-order valence-corrected chi connectivity index (χ3v) is 4.57. The van der Waals surface area contributed by atoms with E-state index in [1.165, 1.54) is 0 Å². The Morgan fingerprint density at radius 3 is 2.81 bits per heavy atom. The Morgan fingerprint density at radius 1 is 1.24 bits per heavy atom. The molecule has 0 radical (unpaired) electrons. The van der Waals surface area contributed by atoms with Gasteiger partial charge < -0.3 is 9.67 Å². The number of phenolic OH excluding ortho intramolecular Hbond substituents is 1. The van der Waals surface area contributed by atoms with E-state index in [-0.39, 0.29) is 5.75 Å². The van der Waals surface area contributed by atoms with Crippen molar-refractivity contribution in [1.29, 1.82) is 0 Å². The van der Waals surface area contributed by atoms with Crippen LogP contribution in [0.3, 0.4) is 0 Å². The van der Waals surface area contributed by atoms with Gasteiger partial charge in [-0.2, -0.15) is 0 Å². The first-order chi connectivity index (χ1) is 10.1. The Morgan fingerprint density at radius 2 is 2.05 bits per heavy atom. The van der Waals surface area contributed by atoms with Crippen LogP contribution in [0.4, 0.5) is 0 Å². The van der Waals surface area contributed by atoms with Gasteiger partial charge in [-0.25, -0.2) is 4.98 Å². The molecule has 0 atom stereocenters. The summed E-state index contributed by atoms with van der Waals surface area (Å²) in [5.41, 5.74) is 2.54. The minimum Gasteiger partial charge on any atom is -0.507 e. The van der Waals surface area contributed by atoms with Gasteiger partial charge in [0.2, 0.25) is 0 Å². The minimum atomic E-state index is 0.228. The second-order valence-electron chi connectivity index (χ2n) is 5.31. The molecule has 1 aliphatic rings. The third kappa shape index (κ3) is 2.14. The van der Waals surface area contributed by atoms with Crippen LogP contribution in [0.2, 0.25) is 5.02 Å². The number of hydrogen-bond donors (Lipinski definition) is 1. The molecule has 2 aromatic carbocycles. The van der Waals surface area contributed by atoms with Crippen LogP contribution in [0.15, 0.2) is 40.9 Å². The number of aromatic nitrogens is 2. The van der Waals surface area contributed by atoms with E-state index >= 15 is 0 Å². The van der Waals surface area contributed by atoms with Gasteiger partial charge in [-0.15, -0.1) is 0 Å². The number of benzene rings is 2. The number of hydrogen-bond acceptors (Lipinski definition) is 2. The van der Waals surface area contributed by atoms with Gasteiger partial charge in [0.1, 0.15) is 11.6 Å². The summed E-state index contributed by atoms with van der Waals surface area (Å²) in [7, 11) is 0. The van der Waals surface area contributed by atoms with Crippen molar-refractivity contribution in [3.8, 4) is 17.1 Å². The van der Waals surface area contributed by atoms with Gasteiger partial charge in [0, 0.05) is 10.5 Å². The van der Waals surface area contributed by atoms with Crippen molar-refractivity contribution < 1.29 is 5.11 Å². The minimum absolute atomic E-state index is 0.228. The summed E-state index contributed by atoms with van der Waals surface area (Å²) in [6.07, 6.45) is 2.25. The summed E-state index contributed by atoms with van der Waals surface area (Å²) >= 11 is 9.83. The molecular weight excluding hydrogens is 352 g/mol. The first kappa shape index (κ1) is 13.2. The largest absolute Gasteiger partial charge is 0.507 e. The molecule has 0 bridgehead atoms. The molecule has 3 nitrogen and oxygen atoms in total. The van der Waals surface area contributed by atoms with E-state index in [1.54, 1.807) is 6.07 Å². The van der Waals surface area contributed by atoms with Gasteiger partial charge >= 0.3 is 0 Å². The van der Waals surface area contributed by atoms with E-state index in [1.807, 2.05) is 30.3 Å². The average molecular weight is 364 g/mol. The van der Waals surface area contributed by atoms with Gasteiger partial charge in [-0.1, -0.05) is 33.6 Å². The molecule has 0 spiro atoms. The standard InChI is InChI=1S/C16H12BrClN2O/c17-9-4-7-14(21)11(8-9)16-19-13-3-1-2-12(18)15(13)20(16)10-5-6-10/h1-4,7-8,10,21H,5-6H2. The molecule has 1 aromatic heterocycles. The average Bonchev–Trinajstić information content (AvgIpc) is 3.22. The number of fused-ring (bicyclic) bond motifs is 1. The lowest BCUT2D eigenvalue weighted by molar-refractivity contribution is 0.476. The molecule has 21 heavy (non-hydrogen) atoms. The highest BCUT2D eigenvalue weighted by atomic mass is 79.9. The molecule has 1 aliphatic carbocycles. The Balaban J connectivity index is 2.07. The Bertz CT molecular complexity index is 855. The van der Waals surface area contributed by atoms with E-state index in [0.29, 0.717) is 11.1 Å². The molecular formula is C16H12BrClN2O. The third-order valence-electron chi connectivity index (χ3n) is 3.77. The molecule has 0 unspecified atom stereocenters. The number of rotatable bonds is 2. The van der Waals surface area contributed by atoms with E-state index < -0.39 is 0 Å². The fraction of sp³-hybridized carbons (Fsp3) is 0.188. The summed E-state index contributed by atoms with van der Waals surface area (Å²) in [4.78, 5) is 4.70. The highest BCUT2D eigenvalue weighted by Gasteiger charge is 2.30. The van der Waals surface area contributed by atoms with E-state index in [9.17, 15) is 5.11 Å². The quantitative estimate of drug-likeness (QED) is 0.683. The predicted octanol–water partition coefficient (Wildman–Crippen LogP) is 5.16. The van der Waals surface area contributed by atoms with Crippen molar-refractivity contribution in [2.75, 3.05) is 0 Å². The Labute approximate surface area is 135 Å². The lowest BCUT2D eigenvalue weighted by Gasteiger charge is -2.10. The van der Waals surface area contributed by atoms with Crippen LogP contribution < -0.4 is 0 Å². The van der Waals surface area contributed by atoms with Crippen molar-refractivity contribution in [2.45, 2.75) is 18.9 Å². The van der Waals surface area contributed by atoms with Crippen molar-refractivity contribution in [3.63, 3.8) is 0 Å². The lowest BCUT2D eigenvalue weighted by Crippen LogP contribution is -1.98. The fourth-order valence-electron chi connectivity index (χ4n) is 2.67. The number of halogens is 2. The molecule has 1 heterocycles. The molecule has 1 N–H and O–H groups in total. The monoisotopic (exact) mass is 362 g/mol.